The molecule has 0 aliphatic heterocycles. The smallest absolute Gasteiger partial charge is 0.337 e. The van der Waals surface area contributed by atoms with Crippen LogP contribution in [0.2, 0.25) is 0 Å². The first-order valence-electron chi connectivity index (χ1n) is 9.15. The third kappa shape index (κ3) is 5.49. The summed E-state index contributed by atoms with van der Waals surface area (Å²) in [5, 5.41) is 2.93. The summed E-state index contributed by atoms with van der Waals surface area (Å²) in [5.74, 6) is 0.932. The van der Waals surface area contributed by atoms with E-state index < -0.39 is 5.97 Å². The van der Waals surface area contributed by atoms with E-state index in [1.54, 1.807) is 25.3 Å². The summed E-state index contributed by atoms with van der Waals surface area (Å²) in [5.41, 5.74) is 1.60. The summed E-state index contributed by atoms with van der Waals surface area (Å²) < 4.78 is 15.9. The van der Waals surface area contributed by atoms with Gasteiger partial charge in [-0.1, -0.05) is 26.0 Å². The van der Waals surface area contributed by atoms with Gasteiger partial charge in [-0.3, -0.25) is 4.79 Å². The van der Waals surface area contributed by atoms with Crippen molar-refractivity contribution in [1.82, 2.24) is 5.32 Å². The number of esters is 1. The number of hydrogen-bond acceptors (Lipinski definition) is 5. The van der Waals surface area contributed by atoms with Crippen LogP contribution in [0.1, 0.15) is 53.1 Å². The van der Waals surface area contributed by atoms with Crippen molar-refractivity contribution in [2.45, 2.75) is 26.8 Å². The van der Waals surface area contributed by atoms with Gasteiger partial charge in [0.05, 0.1) is 32.4 Å². The zero-order valence-electron chi connectivity index (χ0n) is 16.9. The number of amides is 1. The quantitative estimate of drug-likeness (QED) is 0.695. The molecule has 0 spiro atoms. The molecule has 2 aromatic rings. The molecule has 0 saturated carbocycles. The Hall–Kier alpha value is -3.02. The third-order valence-corrected chi connectivity index (χ3v) is 4.15. The summed E-state index contributed by atoms with van der Waals surface area (Å²) in [6.07, 6.45) is 0. The Labute approximate surface area is 165 Å². The van der Waals surface area contributed by atoms with E-state index in [4.69, 9.17) is 14.2 Å². The summed E-state index contributed by atoms with van der Waals surface area (Å²) >= 11 is 0. The van der Waals surface area contributed by atoms with Crippen LogP contribution in [0.15, 0.2) is 42.5 Å². The van der Waals surface area contributed by atoms with Crippen LogP contribution >= 0.6 is 0 Å². The number of rotatable bonds is 8. The first-order valence-corrected chi connectivity index (χ1v) is 9.15. The average Bonchev–Trinajstić information content (AvgIpc) is 2.71. The molecule has 150 valence electrons. The van der Waals surface area contributed by atoms with Crippen LogP contribution in [0, 0.1) is 5.92 Å². The van der Waals surface area contributed by atoms with Crippen molar-refractivity contribution in [3.8, 4) is 11.5 Å². The fraction of sp³-hybridized carbons (Fsp3) is 0.364. The van der Waals surface area contributed by atoms with E-state index in [0.717, 1.165) is 5.56 Å². The molecule has 1 atom stereocenters. The third-order valence-electron chi connectivity index (χ3n) is 4.15. The summed E-state index contributed by atoms with van der Waals surface area (Å²) in [6, 6.07) is 11.7. The molecule has 1 amide bonds. The van der Waals surface area contributed by atoms with Crippen LogP contribution in [-0.4, -0.2) is 32.7 Å². The number of carbonyl (C=O) groups is 2. The minimum absolute atomic E-state index is 0.262. The number of methoxy groups -OCH3 is 2. The van der Waals surface area contributed by atoms with E-state index >= 15 is 0 Å². The second-order valence-corrected chi connectivity index (χ2v) is 6.88. The highest BCUT2D eigenvalue weighted by atomic mass is 16.5. The molecule has 6 heteroatoms. The highest BCUT2D eigenvalue weighted by Gasteiger charge is 2.16. The van der Waals surface area contributed by atoms with Gasteiger partial charge in [0.2, 0.25) is 0 Å². The molecule has 2 aromatic carbocycles. The second kappa shape index (κ2) is 9.78. The molecule has 1 N–H and O–H groups in total. The molecular weight excluding hydrogens is 358 g/mol. The predicted molar refractivity (Wildman–Crippen MR) is 107 cm³/mol. The van der Waals surface area contributed by atoms with E-state index in [1.807, 2.05) is 25.1 Å². The number of benzene rings is 2. The van der Waals surface area contributed by atoms with Gasteiger partial charge >= 0.3 is 5.97 Å². The lowest BCUT2D eigenvalue weighted by molar-refractivity contribution is 0.0600. The van der Waals surface area contributed by atoms with Crippen LogP contribution < -0.4 is 14.8 Å². The summed E-state index contributed by atoms with van der Waals surface area (Å²) in [7, 11) is 2.89. The monoisotopic (exact) mass is 385 g/mol. The standard InChI is InChI=1S/C22H27NO5/c1-14(2)13-28-19-10-9-16(12-20(19)26-4)15(3)23-21(24)17-7-6-8-18(11-17)22(25)27-5/h6-12,14-15H,13H2,1-5H3,(H,23,24). The largest absolute Gasteiger partial charge is 0.493 e. The van der Waals surface area contributed by atoms with Gasteiger partial charge in [-0.2, -0.15) is 0 Å². The molecule has 0 aliphatic carbocycles. The lowest BCUT2D eigenvalue weighted by atomic mass is 10.1. The Morgan fingerprint density at radius 1 is 0.964 bits per heavy atom. The Kier molecular flexibility index (Phi) is 7.44. The molecule has 0 aliphatic rings. The maximum absolute atomic E-state index is 12.6. The van der Waals surface area contributed by atoms with Gasteiger partial charge in [-0.05, 0) is 48.7 Å². The van der Waals surface area contributed by atoms with Crippen molar-refractivity contribution in [2.75, 3.05) is 20.8 Å². The average molecular weight is 385 g/mol. The van der Waals surface area contributed by atoms with Crippen molar-refractivity contribution < 1.29 is 23.8 Å². The van der Waals surface area contributed by atoms with E-state index in [0.29, 0.717) is 35.2 Å². The zero-order chi connectivity index (χ0) is 20.7. The fourth-order valence-electron chi connectivity index (χ4n) is 2.60. The Balaban J connectivity index is 2.12. The minimum atomic E-state index is -0.482. The maximum atomic E-state index is 12.6. The highest BCUT2D eigenvalue weighted by molar-refractivity contribution is 5.98. The van der Waals surface area contributed by atoms with E-state index in [9.17, 15) is 9.59 Å². The molecule has 0 aromatic heterocycles. The number of hydrogen-bond donors (Lipinski definition) is 1. The van der Waals surface area contributed by atoms with E-state index in [1.165, 1.54) is 13.2 Å². The Bertz CT molecular complexity index is 831. The normalized spacial score (nSPS) is 11.6. The molecule has 2 rings (SSSR count). The van der Waals surface area contributed by atoms with Gasteiger partial charge in [-0.25, -0.2) is 4.79 Å². The van der Waals surface area contributed by atoms with Gasteiger partial charge in [0.25, 0.3) is 5.91 Å². The molecule has 1 unspecified atom stereocenters. The van der Waals surface area contributed by atoms with Crippen molar-refractivity contribution in [3.63, 3.8) is 0 Å². The number of nitrogens with one attached hydrogen (secondary N) is 1. The van der Waals surface area contributed by atoms with Gasteiger partial charge < -0.3 is 19.5 Å². The second-order valence-electron chi connectivity index (χ2n) is 6.88. The summed E-state index contributed by atoms with van der Waals surface area (Å²) in [4.78, 5) is 24.2. The van der Waals surface area contributed by atoms with Crippen molar-refractivity contribution >= 4 is 11.9 Å². The van der Waals surface area contributed by atoms with Gasteiger partial charge in [-0.15, -0.1) is 0 Å². The topological polar surface area (TPSA) is 73.9 Å². The predicted octanol–water partition coefficient (Wildman–Crippen LogP) is 4.01. The molecular formula is C22H27NO5. The molecule has 0 bridgehead atoms. The molecule has 0 radical (unpaired) electrons. The molecule has 0 saturated heterocycles. The molecule has 28 heavy (non-hydrogen) atoms. The van der Waals surface area contributed by atoms with Gasteiger partial charge in [0.15, 0.2) is 11.5 Å². The van der Waals surface area contributed by atoms with Gasteiger partial charge in [0, 0.05) is 5.56 Å². The fourth-order valence-corrected chi connectivity index (χ4v) is 2.60. The molecule has 0 heterocycles. The maximum Gasteiger partial charge on any atom is 0.337 e. The SMILES string of the molecule is COC(=O)c1cccc(C(=O)NC(C)c2ccc(OCC(C)C)c(OC)c2)c1. The zero-order valence-corrected chi connectivity index (χ0v) is 16.9. The summed E-state index contributed by atoms with van der Waals surface area (Å²) in [6.45, 7) is 6.63. The van der Waals surface area contributed by atoms with Crippen molar-refractivity contribution in [3.05, 3.63) is 59.2 Å². The highest BCUT2D eigenvalue weighted by Crippen LogP contribution is 2.30. The number of carbonyl (C=O) groups excluding carboxylic acids is 2. The van der Waals surface area contributed by atoms with Crippen molar-refractivity contribution in [2.24, 2.45) is 5.92 Å². The Morgan fingerprint density at radius 2 is 1.68 bits per heavy atom. The molecule has 6 nitrogen and oxygen atoms in total. The lowest BCUT2D eigenvalue weighted by Crippen LogP contribution is -2.26. The van der Waals surface area contributed by atoms with Crippen LogP contribution in [-0.2, 0) is 4.74 Å². The van der Waals surface area contributed by atoms with Crippen LogP contribution in [0.25, 0.3) is 0 Å². The first-order chi connectivity index (χ1) is 13.3. The van der Waals surface area contributed by atoms with Gasteiger partial charge in [0.1, 0.15) is 0 Å². The molecule has 0 fully saturated rings. The first kappa shape index (κ1) is 21.3. The van der Waals surface area contributed by atoms with E-state index in [-0.39, 0.29) is 11.9 Å². The Morgan fingerprint density at radius 3 is 2.32 bits per heavy atom. The van der Waals surface area contributed by atoms with E-state index in [2.05, 4.69) is 19.2 Å². The van der Waals surface area contributed by atoms with Crippen LogP contribution in [0.3, 0.4) is 0 Å². The lowest BCUT2D eigenvalue weighted by Gasteiger charge is -2.18. The van der Waals surface area contributed by atoms with Crippen LogP contribution in [0.4, 0.5) is 0 Å². The van der Waals surface area contributed by atoms with Crippen molar-refractivity contribution in [1.29, 1.82) is 0 Å². The number of ether oxygens (including phenoxy) is 3. The minimum Gasteiger partial charge on any atom is -0.493 e. The van der Waals surface area contributed by atoms with Crippen LogP contribution in [0.5, 0.6) is 11.5 Å².